The van der Waals surface area contributed by atoms with Crippen molar-refractivity contribution in [1.82, 2.24) is 14.6 Å². The summed E-state index contributed by atoms with van der Waals surface area (Å²) in [4.78, 5) is 5.25. The molecule has 0 spiro atoms. The van der Waals surface area contributed by atoms with E-state index in [4.69, 9.17) is 9.15 Å². The Hall–Kier alpha value is -1.99. The van der Waals surface area contributed by atoms with Gasteiger partial charge in [-0.2, -0.15) is 4.52 Å². The lowest BCUT2D eigenvalue weighted by molar-refractivity contribution is 0.419. The molecule has 0 bridgehead atoms. The molecule has 0 saturated heterocycles. The van der Waals surface area contributed by atoms with Crippen molar-refractivity contribution >= 4 is 39.0 Å². The van der Waals surface area contributed by atoms with Crippen molar-refractivity contribution in [1.29, 1.82) is 0 Å². The summed E-state index contributed by atoms with van der Waals surface area (Å²) in [5.74, 6) is 1.53. The summed E-state index contributed by atoms with van der Waals surface area (Å²) in [6.07, 6.45) is 3.79. The minimum atomic E-state index is 0.736. The second-order valence-electron chi connectivity index (χ2n) is 4.39. The van der Waals surface area contributed by atoms with Gasteiger partial charge in [0.05, 0.1) is 18.7 Å². The molecule has 4 rings (SSSR count). The molecule has 0 amide bonds. The molecule has 0 unspecified atom stereocenters. The van der Waals surface area contributed by atoms with Crippen LogP contribution >= 0.6 is 23.1 Å². The molecule has 0 aliphatic carbocycles. The number of methoxy groups -OCH3 is 1. The maximum atomic E-state index is 5.92. The van der Waals surface area contributed by atoms with Crippen LogP contribution in [0.3, 0.4) is 0 Å². The Morgan fingerprint density at radius 1 is 1.38 bits per heavy atom. The van der Waals surface area contributed by atoms with Crippen molar-refractivity contribution in [2.45, 2.75) is 4.34 Å². The highest BCUT2D eigenvalue weighted by Gasteiger charge is 2.16. The third-order valence-corrected chi connectivity index (χ3v) is 5.13. The number of fused-ring (bicyclic) bond motifs is 2. The summed E-state index contributed by atoms with van der Waals surface area (Å²) in [5.41, 5.74) is 1.64. The first kappa shape index (κ1) is 12.7. The standard InChI is InChI=1S/C14H11N3O2S2/c1-18-10-4-3-5-11-8(10)6-12(19-11)9-7-15-13-17(9)16-14(20-2)21-13/h3-7H,1-2H3. The molecule has 21 heavy (non-hydrogen) atoms. The Morgan fingerprint density at radius 3 is 3.10 bits per heavy atom. The van der Waals surface area contributed by atoms with Crippen LogP contribution in [-0.4, -0.2) is 28.0 Å². The summed E-state index contributed by atoms with van der Waals surface area (Å²) in [6.45, 7) is 0. The van der Waals surface area contributed by atoms with E-state index in [0.29, 0.717) is 0 Å². The lowest BCUT2D eigenvalue weighted by atomic mass is 10.2. The monoisotopic (exact) mass is 317 g/mol. The third kappa shape index (κ3) is 1.92. The lowest BCUT2D eigenvalue weighted by Crippen LogP contribution is -1.86. The highest BCUT2D eigenvalue weighted by atomic mass is 32.2. The number of ether oxygens (including phenoxy) is 1. The average molecular weight is 317 g/mol. The van der Waals surface area contributed by atoms with Crippen LogP contribution in [0.5, 0.6) is 5.75 Å². The summed E-state index contributed by atoms with van der Waals surface area (Å²) < 4.78 is 14.1. The Bertz CT molecular complexity index is 938. The first-order valence-corrected chi connectivity index (χ1v) is 8.30. The predicted molar refractivity (Wildman–Crippen MR) is 84.4 cm³/mol. The van der Waals surface area contributed by atoms with Gasteiger partial charge in [-0.05, 0) is 24.5 Å². The number of hydrogen-bond acceptors (Lipinski definition) is 6. The Labute approximate surface area is 128 Å². The summed E-state index contributed by atoms with van der Waals surface area (Å²) in [6, 6.07) is 7.72. The van der Waals surface area contributed by atoms with Gasteiger partial charge < -0.3 is 9.15 Å². The predicted octanol–water partition coefficient (Wildman–Crippen LogP) is 3.93. The van der Waals surface area contributed by atoms with Gasteiger partial charge in [-0.3, -0.25) is 0 Å². The first-order valence-electron chi connectivity index (χ1n) is 6.25. The minimum Gasteiger partial charge on any atom is -0.496 e. The zero-order chi connectivity index (χ0) is 14.4. The molecule has 106 valence electrons. The second kappa shape index (κ2) is 4.78. The van der Waals surface area contributed by atoms with Crippen LogP contribution in [0.2, 0.25) is 0 Å². The smallest absolute Gasteiger partial charge is 0.213 e. The molecule has 1 aromatic carbocycles. The van der Waals surface area contributed by atoms with E-state index in [1.807, 2.05) is 35.0 Å². The van der Waals surface area contributed by atoms with Crippen molar-refractivity contribution in [3.63, 3.8) is 0 Å². The number of furan rings is 1. The lowest BCUT2D eigenvalue weighted by Gasteiger charge is -1.98. The molecule has 0 aliphatic rings. The molecular weight excluding hydrogens is 306 g/mol. The number of aromatic nitrogens is 3. The van der Waals surface area contributed by atoms with Gasteiger partial charge in [0.25, 0.3) is 0 Å². The number of imidazole rings is 1. The number of benzene rings is 1. The fraction of sp³-hybridized carbons (Fsp3) is 0.143. The SMILES string of the molecule is COc1cccc2oc(-c3cnc4sc(SC)nn34)cc12. The minimum absolute atomic E-state index is 0.736. The highest BCUT2D eigenvalue weighted by Crippen LogP contribution is 2.34. The zero-order valence-corrected chi connectivity index (χ0v) is 13.0. The van der Waals surface area contributed by atoms with Crippen LogP contribution in [0.15, 0.2) is 39.2 Å². The number of nitrogens with zero attached hydrogens (tertiary/aromatic N) is 3. The van der Waals surface area contributed by atoms with E-state index in [0.717, 1.165) is 37.5 Å². The van der Waals surface area contributed by atoms with Crippen LogP contribution < -0.4 is 4.74 Å². The van der Waals surface area contributed by atoms with E-state index >= 15 is 0 Å². The Morgan fingerprint density at radius 2 is 2.29 bits per heavy atom. The van der Waals surface area contributed by atoms with Gasteiger partial charge in [0, 0.05) is 0 Å². The van der Waals surface area contributed by atoms with Gasteiger partial charge in [-0.15, -0.1) is 5.10 Å². The number of hydrogen-bond donors (Lipinski definition) is 0. The van der Waals surface area contributed by atoms with E-state index in [-0.39, 0.29) is 0 Å². The highest BCUT2D eigenvalue weighted by molar-refractivity contribution is 8.00. The maximum Gasteiger partial charge on any atom is 0.213 e. The van der Waals surface area contributed by atoms with Crippen LogP contribution in [0, 0.1) is 0 Å². The van der Waals surface area contributed by atoms with Crippen molar-refractivity contribution in [3.8, 4) is 17.2 Å². The quantitative estimate of drug-likeness (QED) is 0.536. The maximum absolute atomic E-state index is 5.92. The fourth-order valence-electron chi connectivity index (χ4n) is 2.26. The molecule has 3 heterocycles. The number of rotatable bonds is 3. The van der Waals surface area contributed by atoms with Crippen LogP contribution in [0.4, 0.5) is 0 Å². The molecule has 7 heteroatoms. The van der Waals surface area contributed by atoms with Crippen LogP contribution in [0.25, 0.3) is 27.4 Å². The first-order chi connectivity index (χ1) is 10.3. The fourth-order valence-corrected chi connectivity index (χ4v) is 3.59. The molecule has 4 aromatic rings. The van der Waals surface area contributed by atoms with Gasteiger partial charge in [0.2, 0.25) is 4.96 Å². The van der Waals surface area contributed by atoms with Gasteiger partial charge >= 0.3 is 0 Å². The van der Waals surface area contributed by atoms with E-state index in [9.17, 15) is 0 Å². The normalized spacial score (nSPS) is 11.5. The van der Waals surface area contributed by atoms with E-state index in [1.165, 1.54) is 0 Å². The van der Waals surface area contributed by atoms with Crippen molar-refractivity contribution in [2.75, 3.05) is 13.4 Å². The molecule has 3 aromatic heterocycles. The molecule has 0 atom stereocenters. The largest absolute Gasteiger partial charge is 0.496 e. The van der Waals surface area contributed by atoms with Crippen molar-refractivity contribution in [2.24, 2.45) is 0 Å². The summed E-state index contributed by atoms with van der Waals surface area (Å²) in [5, 5.41) is 5.47. The van der Waals surface area contributed by atoms with Crippen molar-refractivity contribution < 1.29 is 9.15 Å². The van der Waals surface area contributed by atoms with Crippen LogP contribution in [-0.2, 0) is 0 Å². The summed E-state index contributed by atoms with van der Waals surface area (Å²) in [7, 11) is 1.66. The van der Waals surface area contributed by atoms with Gasteiger partial charge in [0.15, 0.2) is 10.1 Å². The van der Waals surface area contributed by atoms with E-state index < -0.39 is 0 Å². The van der Waals surface area contributed by atoms with E-state index in [2.05, 4.69) is 10.1 Å². The van der Waals surface area contributed by atoms with Crippen molar-refractivity contribution in [3.05, 3.63) is 30.5 Å². The van der Waals surface area contributed by atoms with E-state index in [1.54, 1.807) is 36.4 Å². The summed E-state index contributed by atoms with van der Waals surface area (Å²) >= 11 is 3.17. The second-order valence-corrected chi connectivity index (χ2v) is 6.40. The number of thioether (sulfide) groups is 1. The molecule has 5 nitrogen and oxygen atoms in total. The average Bonchev–Trinajstić information content (AvgIpc) is 3.18. The third-order valence-electron chi connectivity index (χ3n) is 3.24. The molecule has 0 N–H and O–H groups in total. The Balaban J connectivity index is 1.93. The Kier molecular flexibility index (Phi) is 2.90. The topological polar surface area (TPSA) is 52.6 Å². The molecule has 0 aliphatic heterocycles. The zero-order valence-electron chi connectivity index (χ0n) is 11.4. The van der Waals surface area contributed by atoms with Gasteiger partial charge in [-0.1, -0.05) is 29.2 Å². The van der Waals surface area contributed by atoms with Gasteiger partial charge in [-0.25, -0.2) is 4.98 Å². The molecular formula is C14H11N3O2S2. The molecule has 0 saturated carbocycles. The van der Waals surface area contributed by atoms with Gasteiger partial charge in [0.1, 0.15) is 17.0 Å². The van der Waals surface area contributed by atoms with Crippen LogP contribution in [0.1, 0.15) is 0 Å². The molecule has 0 radical (unpaired) electrons. The molecule has 0 fully saturated rings.